The predicted molar refractivity (Wildman–Crippen MR) is 106 cm³/mol. The lowest BCUT2D eigenvalue weighted by Crippen LogP contribution is -2.38. The van der Waals surface area contributed by atoms with E-state index in [4.69, 9.17) is 4.74 Å². The van der Waals surface area contributed by atoms with Gasteiger partial charge >= 0.3 is 12.1 Å². The van der Waals surface area contributed by atoms with Crippen molar-refractivity contribution in [3.05, 3.63) is 59.7 Å². The van der Waals surface area contributed by atoms with Crippen molar-refractivity contribution in [3.63, 3.8) is 0 Å². The average molecular weight is 415 g/mol. The largest absolute Gasteiger partial charge is 0.481 e. The molecule has 7 nitrogen and oxygen atoms in total. The van der Waals surface area contributed by atoms with Gasteiger partial charge in [0, 0.05) is 18.7 Å². The molecule has 0 heterocycles. The number of benzene rings is 2. The highest BCUT2D eigenvalue weighted by Crippen LogP contribution is 2.50. The summed E-state index contributed by atoms with van der Waals surface area (Å²) in [4.78, 5) is 23.7. The van der Waals surface area contributed by atoms with Gasteiger partial charge in [0.1, 0.15) is 12.0 Å². The fraction of sp³-hybridized carbons (Fsp3) is 0.333. The van der Waals surface area contributed by atoms with Crippen LogP contribution in [0.15, 0.2) is 48.5 Å². The number of nitrogens with one attached hydrogen (secondary N) is 1. The molecule has 0 saturated heterocycles. The molecule has 2 aliphatic carbocycles. The molecule has 2 atom stereocenters. The third-order valence-corrected chi connectivity index (χ3v) is 7.49. The van der Waals surface area contributed by atoms with Crippen molar-refractivity contribution in [1.29, 1.82) is 0 Å². The maximum Gasteiger partial charge on any atom is 0.407 e. The van der Waals surface area contributed by atoms with E-state index >= 15 is 0 Å². The third-order valence-electron chi connectivity index (χ3n) is 5.84. The van der Waals surface area contributed by atoms with Crippen LogP contribution in [0.1, 0.15) is 23.5 Å². The molecule has 2 aromatic carbocycles. The Labute approximate surface area is 168 Å². The van der Waals surface area contributed by atoms with Crippen LogP contribution in [0, 0.1) is 5.41 Å². The van der Waals surface area contributed by atoms with Crippen molar-refractivity contribution in [2.45, 2.75) is 17.6 Å². The minimum Gasteiger partial charge on any atom is -0.481 e. The van der Waals surface area contributed by atoms with Crippen LogP contribution in [0.2, 0.25) is 0 Å². The zero-order valence-corrected chi connectivity index (χ0v) is 16.6. The fourth-order valence-electron chi connectivity index (χ4n) is 4.20. The van der Waals surface area contributed by atoms with Crippen LogP contribution in [0.25, 0.3) is 11.1 Å². The maximum atomic E-state index is 12.2. The van der Waals surface area contributed by atoms with E-state index in [0.717, 1.165) is 28.5 Å². The number of amides is 1. The summed E-state index contributed by atoms with van der Waals surface area (Å²) in [6.07, 6.45) is 0.243. The Hall–Kier alpha value is -2.87. The predicted octanol–water partition coefficient (Wildman–Crippen LogP) is 2.41. The highest BCUT2D eigenvalue weighted by Gasteiger charge is 2.65. The van der Waals surface area contributed by atoms with Crippen LogP contribution < -0.4 is 5.32 Å². The maximum absolute atomic E-state index is 12.2. The SMILES string of the molecule is CS(=O)(=O)[C@H]1C[C@]1(CNC(=O)OCC1c2ccccc2-c2ccccc21)C(=O)O. The molecule has 0 bridgehead atoms. The minimum atomic E-state index is -3.50. The van der Waals surface area contributed by atoms with E-state index in [9.17, 15) is 23.1 Å². The number of rotatable bonds is 6. The fourth-order valence-corrected chi connectivity index (χ4v) is 5.80. The molecular weight excluding hydrogens is 394 g/mol. The van der Waals surface area contributed by atoms with Crippen LogP contribution in [0.3, 0.4) is 0 Å². The van der Waals surface area contributed by atoms with Crippen LogP contribution in [-0.2, 0) is 19.4 Å². The Bertz CT molecular complexity index is 1050. The van der Waals surface area contributed by atoms with E-state index in [1.165, 1.54) is 0 Å². The molecule has 8 heteroatoms. The summed E-state index contributed by atoms with van der Waals surface area (Å²) in [5, 5.41) is 10.9. The minimum absolute atomic E-state index is 0.00910. The van der Waals surface area contributed by atoms with E-state index in [-0.39, 0.29) is 25.5 Å². The first-order valence-electron chi connectivity index (χ1n) is 9.25. The topological polar surface area (TPSA) is 110 Å². The molecular formula is C21H21NO6S. The number of hydrogen-bond donors (Lipinski definition) is 2. The van der Waals surface area contributed by atoms with Gasteiger partial charge in [-0.2, -0.15) is 0 Å². The van der Waals surface area contributed by atoms with E-state index in [0.29, 0.717) is 0 Å². The highest BCUT2D eigenvalue weighted by molar-refractivity contribution is 7.91. The second-order valence-electron chi connectivity index (χ2n) is 7.66. The Morgan fingerprint density at radius 3 is 2.14 bits per heavy atom. The average Bonchev–Trinajstić information content (AvgIpc) is 3.37. The monoisotopic (exact) mass is 415 g/mol. The molecule has 2 N–H and O–H groups in total. The van der Waals surface area contributed by atoms with Gasteiger partial charge in [-0.05, 0) is 28.7 Å². The number of aliphatic carboxylic acids is 1. The lowest BCUT2D eigenvalue weighted by molar-refractivity contribution is -0.143. The normalized spacial score (nSPS) is 22.4. The summed E-state index contributed by atoms with van der Waals surface area (Å²) in [6.45, 7) is -0.174. The van der Waals surface area contributed by atoms with E-state index in [2.05, 4.69) is 5.32 Å². The van der Waals surface area contributed by atoms with Crippen molar-refractivity contribution in [2.24, 2.45) is 5.41 Å². The van der Waals surface area contributed by atoms with Crippen molar-refractivity contribution in [2.75, 3.05) is 19.4 Å². The standard InChI is InChI=1S/C21H21NO6S/c1-29(26,27)18-10-21(18,19(23)24)12-22-20(25)28-11-17-15-8-4-2-6-13(15)14-7-3-5-9-16(14)17/h2-9,17-18H,10-12H2,1H3,(H,22,25)(H,23,24)/t18-,21+/m0/s1. The van der Waals surface area contributed by atoms with Gasteiger partial charge < -0.3 is 15.2 Å². The number of hydrogen-bond acceptors (Lipinski definition) is 5. The van der Waals surface area contributed by atoms with E-state index in [1.54, 1.807) is 0 Å². The number of carboxylic acid groups (broad SMARTS) is 1. The lowest BCUT2D eigenvalue weighted by Gasteiger charge is -2.16. The summed E-state index contributed by atoms with van der Waals surface area (Å²) in [6, 6.07) is 15.9. The second kappa shape index (κ2) is 6.88. The van der Waals surface area contributed by atoms with Crippen molar-refractivity contribution < 1.29 is 27.9 Å². The molecule has 152 valence electrons. The molecule has 1 amide bonds. The Morgan fingerprint density at radius 1 is 1.10 bits per heavy atom. The second-order valence-corrected chi connectivity index (χ2v) is 9.89. The van der Waals surface area contributed by atoms with Crippen LogP contribution in [0.4, 0.5) is 4.79 Å². The lowest BCUT2D eigenvalue weighted by atomic mass is 9.98. The molecule has 0 unspecified atom stereocenters. The molecule has 1 fully saturated rings. The Kier molecular flexibility index (Phi) is 4.61. The molecule has 29 heavy (non-hydrogen) atoms. The number of sulfone groups is 1. The van der Waals surface area contributed by atoms with E-state index in [1.807, 2.05) is 48.5 Å². The highest BCUT2D eigenvalue weighted by atomic mass is 32.2. The Balaban J connectivity index is 1.41. The first kappa shape index (κ1) is 19.4. The third kappa shape index (κ3) is 3.37. The van der Waals surface area contributed by atoms with Crippen LogP contribution in [-0.4, -0.2) is 50.2 Å². The summed E-state index contributed by atoms with van der Waals surface area (Å²) in [5.41, 5.74) is 2.89. The number of carbonyl (C=O) groups is 2. The molecule has 0 aromatic heterocycles. The number of ether oxygens (including phenoxy) is 1. The first-order chi connectivity index (χ1) is 13.7. The van der Waals surface area contributed by atoms with Crippen LogP contribution >= 0.6 is 0 Å². The molecule has 4 rings (SSSR count). The van der Waals surface area contributed by atoms with Gasteiger partial charge in [0.05, 0.1) is 5.25 Å². The summed E-state index contributed by atoms with van der Waals surface area (Å²) < 4.78 is 28.7. The van der Waals surface area contributed by atoms with Gasteiger partial charge in [0.2, 0.25) is 0 Å². The molecule has 1 saturated carbocycles. The molecule has 0 aliphatic heterocycles. The van der Waals surface area contributed by atoms with Gasteiger partial charge in [-0.15, -0.1) is 0 Å². The molecule has 0 radical (unpaired) electrons. The van der Waals surface area contributed by atoms with Crippen molar-refractivity contribution >= 4 is 21.9 Å². The summed E-state index contributed by atoms with van der Waals surface area (Å²) in [7, 11) is -3.50. The zero-order valence-electron chi connectivity index (χ0n) is 15.8. The number of fused-ring (bicyclic) bond motifs is 3. The quantitative estimate of drug-likeness (QED) is 0.750. The molecule has 2 aliphatic rings. The van der Waals surface area contributed by atoms with E-state index < -0.39 is 32.6 Å². The first-order valence-corrected chi connectivity index (χ1v) is 11.2. The van der Waals surface area contributed by atoms with Gasteiger partial charge in [-0.1, -0.05) is 48.5 Å². The molecule has 0 spiro atoms. The molecule has 2 aromatic rings. The smallest absolute Gasteiger partial charge is 0.407 e. The Morgan fingerprint density at radius 2 is 1.66 bits per heavy atom. The summed E-state index contributed by atoms with van der Waals surface area (Å²) in [5.74, 6) is -1.34. The van der Waals surface area contributed by atoms with Gasteiger partial charge in [0.25, 0.3) is 0 Å². The number of carbonyl (C=O) groups excluding carboxylic acids is 1. The summed E-state index contributed by atoms with van der Waals surface area (Å²) >= 11 is 0. The van der Waals surface area contributed by atoms with Gasteiger partial charge in [-0.3, -0.25) is 4.79 Å². The van der Waals surface area contributed by atoms with Crippen LogP contribution in [0.5, 0.6) is 0 Å². The number of carboxylic acids is 1. The number of alkyl carbamates (subject to hydrolysis) is 1. The van der Waals surface area contributed by atoms with Gasteiger partial charge in [-0.25, -0.2) is 13.2 Å². The van der Waals surface area contributed by atoms with Crippen molar-refractivity contribution in [1.82, 2.24) is 5.32 Å². The van der Waals surface area contributed by atoms with Gasteiger partial charge in [0.15, 0.2) is 9.84 Å². The van der Waals surface area contributed by atoms with Crippen molar-refractivity contribution in [3.8, 4) is 11.1 Å². The zero-order chi connectivity index (χ0) is 20.8.